The van der Waals surface area contributed by atoms with Gasteiger partial charge in [0.25, 0.3) is 0 Å². The maximum absolute atomic E-state index is 10.6. The van der Waals surface area contributed by atoms with Crippen LogP contribution in [0.1, 0.15) is 22.5 Å². The lowest BCUT2D eigenvalue weighted by atomic mass is 10.2. The molecule has 0 aliphatic carbocycles. The number of rotatable bonds is 6. The van der Waals surface area contributed by atoms with Crippen LogP contribution < -0.4 is 5.32 Å². The van der Waals surface area contributed by atoms with E-state index in [1.807, 2.05) is 19.4 Å². The van der Waals surface area contributed by atoms with Gasteiger partial charge in [-0.25, -0.2) is 14.8 Å². The molecule has 2 heterocycles. The van der Waals surface area contributed by atoms with Crippen LogP contribution in [0, 0.1) is 0 Å². The molecule has 0 radical (unpaired) electrons. The molecule has 0 saturated carbocycles. The molecule has 0 spiro atoms. The third-order valence-electron chi connectivity index (χ3n) is 2.58. The lowest BCUT2D eigenvalue weighted by Crippen LogP contribution is -2.07. The summed E-state index contributed by atoms with van der Waals surface area (Å²) in [6.45, 7) is 0.746. The number of nitrogens with zero attached hydrogens (tertiary/aromatic N) is 4. The molecule has 100 valence electrons. The predicted molar refractivity (Wildman–Crippen MR) is 69.0 cm³/mol. The van der Waals surface area contributed by atoms with Crippen LogP contribution in [0.4, 0.5) is 5.82 Å². The number of carboxylic acid groups (broad SMARTS) is 1. The van der Waals surface area contributed by atoms with Crippen LogP contribution >= 0.6 is 0 Å². The zero-order valence-electron chi connectivity index (χ0n) is 10.6. The first kappa shape index (κ1) is 13.0. The molecule has 0 unspecified atom stereocenters. The Labute approximate surface area is 110 Å². The summed E-state index contributed by atoms with van der Waals surface area (Å²) >= 11 is 0. The van der Waals surface area contributed by atoms with Crippen molar-refractivity contribution in [3.8, 4) is 0 Å². The number of aromatic nitrogens is 4. The van der Waals surface area contributed by atoms with Gasteiger partial charge in [-0.2, -0.15) is 5.10 Å². The van der Waals surface area contributed by atoms with Crippen molar-refractivity contribution in [2.24, 2.45) is 7.05 Å². The lowest BCUT2D eigenvalue weighted by molar-refractivity contribution is 0.0690. The van der Waals surface area contributed by atoms with Gasteiger partial charge in [0, 0.05) is 19.8 Å². The van der Waals surface area contributed by atoms with E-state index in [1.165, 1.54) is 18.0 Å². The number of carbonyl (C=O) groups is 1. The van der Waals surface area contributed by atoms with Crippen LogP contribution in [0.5, 0.6) is 0 Å². The maximum Gasteiger partial charge on any atom is 0.356 e. The highest BCUT2D eigenvalue weighted by Crippen LogP contribution is 2.04. The van der Waals surface area contributed by atoms with Gasteiger partial charge in [-0.3, -0.25) is 4.68 Å². The zero-order valence-corrected chi connectivity index (χ0v) is 10.6. The van der Waals surface area contributed by atoms with Crippen molar-refractivity contribution in [1.29, 1.82) is 0 Å². The minimum Gasteiger partial charge on any atom is -0.476 e. The van der Waals surface area contributed by atoms with E-state index in [-0.39, 0.29) is 5.69 Å². The number of nitrogens with one attached hydrogen (secondary N) is 1. The molecule has 0 saturated heterocycles. The Bertz CT molecular complexity index is 550. The fraction of sp³-hybridized carbons (Fsp3) is 0.333. The van der Waals surface area contributed by atoms with Crippen LogP contribution in [-0.2, 0) is 13.5 Å². The highest BCUT2D eigenvalue weighted by atomic mass is 16.4. The maximum atomic E-state index is 10.6. The second-order valence-corrected chi connectivity index (χ2v) is 4.14. The van der Waals surface area contributed by atoms with Gasteiger partial charge in [-0.1, -0.05) is 0 Å². The monoisotopic (exact) mass is 261 g/mol. The summed E-state index contributed by atoms with van der Waals surface area (Å²) in [6.07, 6.45) is 8.37. The lowest BCUT2D eigenvalue weighted by Gasteiger charge is -2.04. The van der Waals surface area contributed by atoms with Gasteiger partial charge in [0.2, 0.25) is 0 Å². The first-order chi connectivity index (χ1) is 9.15. The van der Waals surface area contributed by atoms with E-state index >= 15 is 0 Å². The van der Waals surface area contributed by atoms with E-state index in [9.17, 15) is 4.79 Å². The van der Waals surface area contributed by atoms with Crippen molar-refractivity contribution in [2.75, 3.05) is 11.9 Å². The molecule has 2 rings (SSSR count). The normalized spacial score (nSPS) is 10.4. The Kier molecular flexibility index (Phi) is 4.07. The minimum atomic E-state index is -1.07. The quantitative estimate of drug-likeness (QED) is 0.752. The molecule has 7 nitrogen and oxygen atoms in total. The molecule has 2 aromatic heterocycles. The number of anilines is 1. The van der Waals surface area contributed by atoms with Gasteiger partial charge in [-0.15, -0.1) is 0 Å². The van der Waals surface area contributed by atoms with Crippen molar-refractivity contribution in [3.63, 3.8) is 0 Å². The Morgan fingerprint density at radius 2 is 2.21 bits per heavy atom. The van der Waals surface area contributed by atoms with Crippen molar-refractivity contribution in [1.82, 2.24) is 19.7 Å². The van der Waals surface area contributed by atoms with E-state index in [0.29, 0.717) is 5.82 Å². The highest BCUT2D eigenvalue weighted by Gasteiger charge is 2.04. The largest absolute Gasteiger partial charge is 0.476 e. The van der Waals surface area contributed by atoms with E-state index in [2.05, 4.69) is 20.4 Å². The molecule has 7 heteroatoms. The molecule has 0 amide bonds. The van der Waals surface area contributed by atoms with Crippen LogP contribution in [0.2, 0.25) is 0 Å². The molecule has 2 N–H and O–H groups in total. The molecule has 0 aromatic carbocycles. The molecule has 19 heavy (non-hydrogen) atoms. The van der Waals surface area contributed by atoms with Crippen LogP contribution in [0.15, 0.2) is 24.8 Å². The summed E-state index contributed by atoms with van der Waals surface area (Å²) in [7, 11) is 1.89. The summed E-state index contributed by atoms with van der Waals surface area (Å²) in [5, 5.41) is 15.9. The number of aromatic carboxylic acids is 1. The smallest absolute Gasteiger partial charge is 0.356 e. The molecule has 0 aliphatic rings. The highest BCUT2D eigenvalue weighted by molar-refractivity contribution is 5.84. The van der Waals surface area contributed by atoms with Crippen molar-refractivity contribution in [3.05, 3.63) is 36.0 Å². The summed E-state index contributed by atoms with van der Waals surface area (Å²) in [4.78, 5) is 18.4. The molecule has 2 aromatic rings. The minimum absolute atomic E-state index is 0.0547. The van der Waals surface area contributed by atoms with Crippen molar-refractivity contribution >= 4 is 11.8 Å². The molecule has 0 aliphatic heterocycles. The Morgan fingerprint density at radius 3 is 2.79 bits per heavy atom. The SMILES string of the molecule is Cn1cc(CCCNc2cnc(C(=O)O)cn2)cn1. The number of hydrogen-bond acceptors (Lipinski definition) is 5. The molecule has 0 fully saturated rings. The van der Waals surface area contributed by atoms with Gasteiger partial charge in [0.05, 0.1) is 18.6 Å². The van der Waals surface area contributed by atoms with Crippen molar-refractivity contribution < 1.29 is 9.90 Å². The Hall–Kier alpha value is -2.44. The summed E-state index contributed by atoms with van der Waals surface area (Å²) < 4.78 is 1.78. The molecular weight excluding hydrogens is 246 g/mol. The first-order valence-corrected chi connectivity index (χ1v) is 5.92. The fourth-order valence-corrected chi connectivity index (χ4v) is 1.64. The summed E-state index contributed by atoms with van der Waals surface area (Å²) in [6, 6.07) is 0. The van der Waals surface area contributed by atoms with Gasteiger partial charge in [0.1, 0.15) is 5.82 Å². The van der Waals surface area contributed by atoms with E-state index in [1.54, 1.807) is 4.68 Å². The molecule has 0 bridgehead atoms. The fourth-order valence-electron chi connectivity index (χ4n) is 1.64. The third-order valence-corrected chi connectivity index (χ3v) is 2.58. The van der Waals surface area contributed by atoms with E-state index in [4.69, 9.17) is 5.11 Å². The standard InChI is InChI=1S/C12H15N5O2/c1-17-8-9(5-16-17)3-2-4-13-11-7-14-10(6-15-11)12(18)19/h5-8H,2-4H2,1H3,(H,13,15)(H,18,19). The van der Waals surface area contributed by atoms with Gasteiger partial charge < -0.3 is 10.4 Å². The second-order valence-electron chi connectivity index (χ2n) is 4.14. The Balaban J connectivity index is 1.75. The predicted octanol–water partition coefficient (Wildman–Crippen LogP) is 0.953. The second kappa shape index (κ2) is 5.94. The number of carboxylic acids is 1. The third kappa shape index (κ3) is 3.77. The van der Waals surface area contributed by atoms with Crippen LogP contribution in [0.25, 0.3) is 0 Å². The van der Waals surface area contributed by atoms with Gasteiger partial charge in [-0.05, 0) is 18.4 Å². The number of aryl methyl sites for hydroxylation is 2. The summed E-state index contributed by atoms with van der Waals surface area (Å²) in [5.74, 6) is -0.494. The average molecular weight is 261 g/mol. The topological polar surface area (TPSA) is 92.9 Å². The molecule has 0 atom stereocenters. The van der Waals surface area contributed by atoms with Crippen molar-refractivity contribution in [2.45, 2.75) is 12.8 Å². The number of hydrogen-bond donors (Lipinski definition) is 2. The zero-order chi connectivity index (χ0) is 13.7. The van der Waals surface area contributed by atoms with Crippen LogP contribution in [0.3, 0.4) is 0 Å². The van der Waals surface area contributed by atoms with Gasteiger partial charge in [0.15, 0.2) is 5.69 Å². The van der Waals surface area contributed by atoms with Gasteiger partial charge >= 0.3 is 5.97 Å². The van der Waals surface area contributed by atoms with Crippen LogP contribution in [-0.4, -0.2) is 37.4 Å². The average Bonchev–Trinajstić information content (AvgIpc) is 2.81. The van der Waals surface area contributed by atoms with E-state index < -0.39 is 5.97 Å². The molecular formula is C12H15N5O2. The first-order valence-electron chi connectivity index (χ1n) is 5.92. The Morgan fingerprint density at radius 1 is 1.37 bits per heavy atom. The summed E-state index contributed by atoms with van der Waals surface area (Å²) in [5.41, 5.74) is 1.14. The van der Waals surface area contributed by atoms with E-state index in [0.717, 1.165) is 19.4 Å².